The predicted octanol–water partition coefficient (Wildman–Crippen LogP) is 1.31. The van der Waals surface area contributed by atoms with Gasteiger partial charge in [0.2, 0.25) is 5.91 Å². The molecule has 0 aromatic rings. The van der Waals surface area contributed by atoms with Gasteiger partial charge in [-0.3, -0.25) is 4.79 Å². The third-order valence-corrected chi connectivity index (χ3v) is 5.78. The van der Waals surface area contributed by atoms with Gasteiger partial charge < -0.3 is 40.3 Å². The van der Waals surface area contributed by atoms with Gasteiger partial charge in [0, 0.05) is 6.42 Å². The number of unbranched alkanes of at least 4 members (excludes halogenated alkanes) is 5. The number of carbonyl (C=O) groups is 1. The molecule has 1 heterocycles. The average Bonchev–Trinajstić information content (AvgIpc) is 2.83. The number of carbonyl (C=O) groups excluding carboxylic acids is 1. The van der Waals surface area contributed by atoms with E-state index in [1.165, 1.54) is 19.3 Å². The van der Waals surface area contributed by atoms with Crippen LogP contribution in [-0.4, -0.2) is 87.5 Å². The number of ether oxygens (including phenoxy) is 2. The molecule has 1 saturated heterocycles. The van der Waals surface area contributed by atoms with Gasteiger partial charge in [0.1, 0.15) is 24.4 Å². The minimum atomic E-state index is -1.56. The van der Waals surface area contributed by atoms with Crippen molar-refractivity contribution in [3.8, 4) is 0 Å². The Bertz CT molecular complexity index is 597. The fourth-order valence-electron chi connectivity index (χ4n) is 3.56. The Kier molecular flexibility index (Phi) is 16.3. The molecule has 0 saturated carbocycles. The Morgan fingerprint density at radius 3 is 2.32 bits per heavy atom. The van der Waals surface area contributed by atoms with Crippen LogP contribution >= 0.6 is 0 Å². The molecule has 1 rings (SSSR count). The van der Waals surface area contributed by atoms with Gasteiger partial charge in [-0.25, -0.2) is 0 Å². The molecule has 0 aromatic carbocycles. The van der Waals surface area contributed by atoms with Crippen molar-refractivity contribution in [3.63, 3.8) is 0 Å². The minimum absolute atomic E-state index is 0.205. The first-order valence-corrected chi connectivity index (χ1v) is 12.6. The van der Waals surface area contributed by atoms with Crippen LogP contribution in [0.1, 0.15) is 71.6 Å². The van der Waals surface area contributed by atoms with Crippen molar-refractivity contribution in [1.82, 2.24) is 5.32 Å². The Morgan fingerprint density at radius 1 is 0.971 bits per heavy atom. The Hall–Kier alpha value is -1.33. The highest BCUT2D eigenvalue weighted by Gasteiger charge is 2.44. The molecule has 9 nitrogen and oxygen atoms in total. The smallest absolute Gasteiger partial charge is 0.220 e. The van der Waals surface area contributed by atoms with Crippen molar-refractivity contribution >= 4 is 5.91 Å². The van der Waals surface area contributed by atoms with E-state index in [9.17, 15) is 30.3 Å². The molecule has 0 bridgehead atoms. The van der Waals surface area contributed by atoms with Gasteiger partial charge in [0.05, 0.1) is 25.4 Å². The Balaban J connectivity index is 2.65. The van der Waals surface area contributed by atoms with Gasteiger partial charge in [-0.05, 0) is 32.1 Å². The second kappa shape index (κ2) is 18.0. The highest BCUT2D eigenvalue weighted by atomic mass is 16.7. The number of aliphatic hydroxyl groups is 5. The lowest BCUT2D eigenvalue weighted by atomic mass is 9.99. The highest BCUT2D eigenvalue weighted by Crippen LogP contribution is 2.22. The molecule has 6 N–H and O–H groups in total. The molecule has 0 aromatic heterocycles. The van der Waals surface area contributed by atoms with Gasteiger partial charge in [-0.1, -0.05) is 57.4 Å². The Labute approximate surface area is 203 Å². The average molecular weight is 488 g/mol. The Morgan fingerprint density at radius 2 is 1.65 bits per heavy atom. The summed E-state index contributed by atoms with van der Waals surface area (Å²) in [6.07, 6.45) is 7.84. The lowest BCUT2D eigenvalue weighted by Crippen LogP contribution is -2.60. The number of aliphatic hydroxyl groups excluding tert-OH is 5. The number of amides is 1. The largest absolute Gasteiger partial charge is 0.394 e. The molecule has 1 fully saturated rings. The van der Waals surface area contributed by atoms with Gasteiger partial charge in [-0.15, -0.1) is 0 Å². The van der Waals surface area contributed by atoms with Crippen molar-refractivity contribution in [3.05, 3.63) is 24.3 Å². The predicted molar refractivity (Wildman–Crippen MR) is 129 cm³/mol. The molecule has 0 spiro atoms. The van der Waals surface area contributed by atoms with E-state index in [0.717, 1.165) is 25.7 Å². The summed E-state index contributed by atoms with van der Waals surface area (Å²) in [6.45, 7) is 3.38. The van der Waals surface area contributed by atoms with Crippen LogP contribution in [0.4, 0.5) is 0 Å². The molecule has 34 heavy (non-hydrogen) atoms. The first-order chi connectivity index (χ1) is 16.3. The van der Waals surface area contributed by atoms with Gasteiger partial charge >= 0.3 is 0 Å². The fourth-order valence-corrected chi connectivity index (χ4v) is 3.56. The summed E-state index contributed by atoms with van der Waals surface area (Å²) >= 11 is 0. The SMILES string of the molecule is CCCCC/C=C/CC/C=C/C(O)C(COC1OC(CO)C(O)C(O)C1O)NC(=O)CCCC. The van der Waals surface area contributed by atoms with E-state index in [2.05, 4.69) is 24.4 Å². The zero-order valence-electron chi connectivity index (χ0n) is 20.6. The summed E-state index contributed by atoms with van der Waals surface area (Å²) in [4.78, 5) is 12.3. The molecular formula is C25H45NO8. The van der Waals surface area contributed by atoms with Gasteiger partial charge in [0.15, 0.2) is 6.29 Å². The first-order valence-electron chi connectivity index (χ1n) is 12.6. The summed E-state index contributed by atoms with van der Waals surface area (Å²) in [5.74, 6) is -0.230. The van der Waals surface area contributed by atoms with Crippen LogP contribution in [0.3, 0.4) is 0 Å². The molecule has 0 radical (unpaired) electrons. The van der Waals surface area contributed by atoms with E-state index in [1.807, 2.05) is 13.0 Å². The van der Waals surface area contributed by atoms with Gasteiger partial charge in [-0.2, -0.15) is 0 Å². The third-order valence-electron chi connectivity index (χ3n) is 5.78. The van der Waals surface area contributed by atoms with Crippen molar-refractivity contribution in [2.75, 3.05) is 13.2 Å². The topological polar surface area (TPSA) is 149 Å². The van der Waals surface area contributed by atoms with E-state index in [0.29, 0.717) is 12.8 Å². The molecular weight excluding hydrogens is 442 g/mol. The number of hydrogen-bond acceptors (Lipinski definition) is 8. The zero-order chi connectivity index (χ0) is 25.3. The summed E-state index contributed by atoms with van der Waals surface area (Å²) in [7, 11) is 0. The van der Waals surface area contributed by atoms with Crippen LogP contribution in [-0.2, 0) is 14.3 Å². The lowest BCUT2D eigenvalue weighted by molar-refractivity contribution is -0.302. The highest BCUT2D eigenvalue weighted by molar-refractivity contribution is 5.76. The summed E-state index contributed by atoms with van der Waals surface area (Å²) < 4.78 is 10.9. The minimum Gasteiger partial charge on any atom is -0.394 e. The van der Waals surface area contributed by atoms with Crippen molar-refractivity contribution in [2.45, 2.75) is 114 Å². The number of hydrogen-bond donors (Lipinski definition) is 6. The summed E-state index contributed by atoms with van der Waals surface area (Å²) in [6, 6.07) is -0.808. The second-order valence-electron chi connectivity index (χ2n) is 8.77. The summed E-state index contributed by atoms with van der Waals surface area (Å²) in [5.41, 5.74) is 0. The molecule has 7 atom stereocenters. The molecule has 1 amide bonds. The molecule has 9 heteroatoms. The van der Waals surface area contributed by atoms with E-state index in [4.69, 9.17) is 9.47 Å². The van der Waals surface area contributed by atoms with Crippen molar-refractivity contribution < 1.29 is 39.8 Å². The van der Waals surface area contributed by atoms with Crippen LogP contribution in [0.5, 0.6) is 0 Å². The fraction of sp³-hybridized carbons (Fsp3) is 0.800. The number of nitrogens with one attached hydrogen (secondary N) is 1. The first kappa shape index (κ1) is 30.7. The number of rotatable bonds is 17. The van der Waals surface area contributed by atoms with Crippen LogP contribution in [0.2, 0.25) is 0 Å². The summed E-state index contributed by atoms with van der Waals surface area (Å²) in [5, 5.41) is 52.7. The molecule has 198 valence electrons. The van der Waals surface area contributed by atoms with E-state index < -0.39 is 49.5 Å². The maximum absolute atomic E-state index is 12.3. The maximum atomic E-state index is 12.3. The van der Waals surface area contributed by atoms with Crippen LogP contribution in [0, 0.1) is 0 Å². The molecule has 1 aliphatic heterocycles. The van der Waals surface area contributed by atoms with Crippen LogP contribution in [0.25, 0.3) is 0 Å². The van der Waals surface area contributed by atoms with Crippen LogP contribution in [0.15, 0.2) is 24.3 Å². The number of allylic oxidation sites excluding steroid dienone is 3. The zero-order valence-corrected chi connectivity index (χ0v) is 20.6. The van der Waals surface area contributed by atoms with E-state index in [-0.39, 0.29) is 12.5 Å². The van der Waals surface area contributed by atoms with E-state index >= 15 is 0 Å². The second-order valence-corrected chi connectivity index (χ2v) is 8.77. The monoisotopic (exact) mass is 487 g/mol. The maximum Gasteiger partial charge on any atom is 0.220 e. The lowest BCUT2D eigenvalue weighted by Gasteiger charge is -2.40. The quantitative estimate of drug-likeness (QED) is 0.133. The normalized spacial score (nSPS) is 27.3. The van der Waals surface area contributed by atoms with Crippen LogP contribution < -0.4 is 5.32 Å². The van der Waals surface area contributed by atoms with Crippen molar-refractivity contribution in [2.24, 2.45) is 0 Å². The third kappa shape index (κ3) is 11.4. The van der Waals surface area contributed by atoms with Crippen molar-refractivity contribution in [1.29, 1.82) is 0 Å². The van der Waals surface area contributed by atoms with Gasteiger partial charge in [0.25, 0.3) is 0 Å². The van der Waals surface area contributed by atoms with E-state index in [1.54, 1.807) is 6.08 Å². The molecule has 1 aliphatic rings. The molecule has 7 unspecified atom stereocenters. The standard InChI is InChI=1S/C25H45NO8/c1-3-5-7-8-9-10-11-12-13-14-19(28)18(26-21(29)15-6-4-2)17-33-25-24(32)23(31)22(30)20(16-27)34-25/h9-10,13-14,18-20,22-25,27-28,30-32H,3-8,11-12,15-17H2,1-2H3,(H,26,29)/b10-9+,14-13+. The molecule has 0 aliphatic carbocycles.